The molecule has 0 bridgehead atoms. The second-order valence-electron chi connectivity index (χ2n) is 3.52. The molecule has 0 aliphatic heterocycles. The summed E-state index contributed by atoms with van der Waals surface area (Å²) in [6.45, 7) is 1.74. The van der Waals surface area contributed by atoms with Crippen molar-refractivity contribution in [2.24, 2.45) is 0 Å². The Kier molecular flexibility index (Phi) is 3.47. The van der Waals surface area contributed by atoms with E-state index in [1.54, 1.807) is 13.0 Å². The predicted octanol–water partition coefficient (Wildman–Crippen LogP) is 2.76. The summed E-state index contributed by atoms with van der Waals surface area (Å²) in [5, 5.41) is 13.7. The summed E-state index contributed by atoms with van der Waals surface area (Å²) in [5.41, 5.74) is 0.433. The van der Waals surface area contributed by atoms with Crippen LogP contribution in [0.25, 0.3) is 0 Å². The number of hydrogen-bond acceptors (Lipinski definition) is 6. The number of anilines is 1. The molecule has 8 heteroatoms. The first-order chi connectivity index (χ1) is 8.58. The third kappa shape index (κ3) is 2.59. The number of nitro groups is 1. The molecule has 0 fully saturated rings. The number of hydrogen-bond donors (Lipinski definition) is 1. The number of nitrogens with one attached hydrogen (secondary N) is 1. The molecule has 0 aromatic carbocycles. The Morgan fingerprint density at radius 1 is 1.56 bits per heavy atom. The normalized spacial score (nSPS) is 12.1. The molecule has 2 aromatic rings. The molecule has 0 saturated carbocycles. The molecule has 94 valence electrons. The van der Waals surface area contributed by atoms with Gasteiger partial charge in [-0.25, -0.2) is 9.37 Å². The van der Waals surface area contributed by atoms with Crippen molar-refractivity contribution in [2.45, 2.75) is 13.0 Å². The Labute approximate surface area is 106 Å². The maximum absolute atomic E-state index is 13.4. The van der Waals surface area contributed by atoms with Crippen LogP contribution in [0.4, 0.5) is 14.5 Å². The molecule has 0 amide bonds. The topological polar surface area (TPSA) is 81.0 Å². The number of halogens is 1. The van der Waals surface area contributed by atoms with Crippen LogP contribution >= 0.6 is 11.3 Å². The monoisotopic (exact) mass is 268 g/mol. The minimum absolute atomic E-state index is 0.0556. The number of nitrogens with zero attached hydrogens (tertiary/aromatic N) is 3. The zero-order valence-electron chi connectivity index (χ0n) is 9.33. The second-order valence-corrected chi connectivity index (χ2v) is 4.53. The van der Waals surface area contributed by atoms with E-state index in [0.29, 0.717) is 10.7 Å². The van der Waals surface area contributed by atoms with Gasteiger partial charge < -0.3 is 5.32 Å². The van der Waals surface area contributed by atoms with Crippen molar-refractivity contribution in [3.8, 4) is 0 Å². The van der Waals surface area contributed by atoms with E-state index in [0.717, 1.165) is 17.5 Å². The summed E-state index contributed by atoms with van der Waals surface area (Å²) in [6, 6.07) is 1.20. The number of rotatable bonds is 4. The molecule has 18 heavy (non-hydrogen) atoms. The smallest absolute Gasteiger partial charge is 0.345 e. The first kappa shape index (κ1) is 12.4. The van der Waals surface area contributed by atoms with E-state index in [4.69, 9.17) is 0 Å². The first-order valence-electron chi connectivity index (χ1n) is 5.04. The van der Waals surface area contributed by atoms with E-state index < -0.39 is 10.7 Å². The van der Waals surface area contributed by atoms with Crippen molar-refractivity contribution in [1.82, 2.24) is 9.97 Å². The van der Waals surface area contributed by atoms with Crippen molar-refractivity contribution in [3.63, 3.8) is 0 Å². The summed E-state index contributed by atoms with van der Waals surface area (Å²) in [4.78, 5) is 17.5. The molecular weight excluding hydrogens is 259 g/mol. The molecule has 0 aliphatic rings. The highest BCUT2D eigenvalue weighted by Crippen LogP contribution is 2.28. The highest BCUT2D eigenvalue weighted by molar-refractivity contribution is 7.18. The molecule has 1 N–H and O–H groups in total. The standard InChI is InChI=1S/C10H9FN4O2S/c1-6(7-2-3-12-4-8(7)11)14-10-13-5-9(18-10)15(16)17/h2-6H,1H3,(H,13,14)/t6-/m0/s1. The molecule has 0 spiro atoms. The second kappa shape index (κ2) is 5.05. The van der Waals surface area contributed by atoms with Gasteiger partial charge >= 0.3 is 5.00 Å². The van der Waals surface area contributed by atoms with Crippen molar-refractivity contribution in [3.05, 3.63) is 46.2 Å². The lowest BCUT2D eigenvalue weighted by Gasteiger charge is -2.13. The van der Waals surface area contributed by atoms with Gasteiger partial charge in [0.15, 0.2) is 5.13 Å². The van der Waals surface area contributed by atoms with Gasteiger partial charge in [0.05, 0.1) is 17.2 Å². The molecular formula is C10H9FN4O2S. The SMILES string of the molecule is C[C@H](Nc1ncc([N+](=O)[O-])s1)c1ccncc1F. The fourth-order valence-electron chi connectivity index (χ4n) is 1.42. The van der Waals surface area contributed by atoms with E-state index in [1.165, 1.54) is 12.4 Å². The van der Waals surface area contributed by atoms with Crippen LogP contribution in [0.1, 0.15) is 18.5 Å². The van der Waals surface area contributed by atoms with Crippen molar-refractivity contribution in [2.75, 3.05) is 5.32 Å². The lowest BCUT2D eigenvalue weighted by Crippen LogP contribution is -2.08. The maximum atomic E-state index is 13.4. The Balaban J connectivity index is 2.13. The number of pyridine rings is 1. The van der Waals surface area contributed by atoms with E-state index in [2.05, 4.69) is 15.3 Å². The highest BCUT2D eigenvalue weighted by atomic mass is 32.1. The van der Waals surface area contributed by atoms with Crippen LogP contribution in [-0.4, -0.2) is 14.9 Å². The lowest BCUT2D eigenvalue weighted by atomic mass is 10.1. The van der Waals surface area contributed by atoms with Crippen LogP contribution in [0.5, 0.6) is 0 Å². The Hall–Kier alpha value is -2.09. The van der Waals surface area contributed by atoms with Gasteiger partial charge in [-0.1, -0.05) is 0 Å². The minimum Gasteiger partial charge on any atom is -0.355 e. The van der Waals surface area contributed by atoms with Gasteiger partial charge in [-0.15, -0.1) is 0 Å². The van der Waals surface area contributed by atoms with E-state index in [1.807, 2.05) is 0 Å². The number of thiazole rings is 1. The Morgan fingerprint density at radius 3 is 2.94 bits per heavy atom. The molecule has 2 aromatic heterocycles. The number of aromatic nitrogens is 2. The van der Waals surface area contributed by atoms with Crippen LogP contribution in [-0.2, 0) is 0 Å². The summed E-state index contributed by atoms with van der Waals surface area (Å²) < 4.78 is 13.4. The zero-order chi connectivity index (χ0) is 13.1. The molecule has 0 radical (unpaired) electrons. The van der Waals surface area contributed by atoms with Gasteiger partial charge in [0.25, 0.3) is 0 Å². The third-order valence-electron chi connectivity index (χ3n) is 2.28. The minimum atomic E-state index is -0.513. The van der Waals surface area contributed by atoms with Gasteiger partial charge in [0, 0.05) is 11.8 Å². The van der Waals surface area contributed by atoms with Gasteiger partial charge in [0.2, 0.25) is 0 Å². The van der Waals surface area contributed by atoms with Crippen LogP contribution < -0.4 is 5.32 Å². The highest BCUT2D eigenvalue weighted by Gasteiger charge is 2.15. The summed E-state index contributed by atoms with van der Waals surface area (Å²) in [7, 11) is 0. The largest absolute Gasteiger partial charge is 0.355 e. The summed E-state index contributed by atoms with van der Waals surface area (Å²) >= 11 is 0.910. The van der Waals surface area contributed by atoms with Crippen LogP contribution in [0.15, 0.2) is 24.7 Å². The van der Waals surface area contributed by atoms with Crippen molar-refractivity contribution in [1.29, 1.82) is 0 Å². The van der Waals surface area contributed by atoms with Gasteiger partial charge in [-0.2, -0.15) is 0 Å². The lowest BCUT2D eigenvalue weighted by molar-refractivity contribution is -0.380. The molecule has 1 atom stereocenters. The van der Waals surface area contributed by atoms with Crippen molar-refractivity contribution < 1.29 is 9.31 Å². The third-order valence-corrected chi connectivity index (χ3v) is 3.16. The van der Waals surface area contributed by atoms with Crippen molar-refractivity contribution >= 4 is 21.5 Å². The maximum Gasteiger partial charge on any atom is 0.345 e. The Morgan fingerprint density at radius 2 is 2.33 bits per heavy atom. The molecule has 2 rings (SSSR count). The predicted molar refractivity (Wildman–Crippen MR) is 65.0 cm³/mol. The van der Waals surface area contributed by atoms with Gasteiger partial charge in [-0.05, 0) is 24.3 Å². The quantitative estimate of drug-likeness (QED) is 0.681. The summed E-state index contributed by atoms with van der Waals surface area (Å²) in [6.07, 6.45) is 3.78. The zero-order valence-corrected chi connectivity index (χ0v) is 10.1. The molecule has 6 nitrogen and oxygen atoms in total. The molecule has 0 unspecified atom stereocenters. The van der Waals surface area contributed by atoms with E-state index in [-0.39, 0.29) is 11.0 Å². The van der Waals surface area contributed by atoms with E-state index in [9.17, 15) is 14.5 Å². The Bertz CT molecular complexity index is 575. The summed E-state index contributed by atoms with van der Waals surface area (Å²) in [5.74, 6) is -0.427. The van der Waals surface area contributed by atoms with Crippen LogP contribution in [0.2, 0.25) is 0 Å². The molecule has 2 heterocycles. The molecule has 0 aliphatic carbocycles. The average Bonchev–Trinajstić information content (AvgIpc) is 2.78. The van der Waals surface area contributed by atoms with Gasteiger partial charge in [0.1, 0.15) is 12.0 Å². The van der Waals surface area contributed by atoms with Crippen LogP contribution in [0, 0.1) is 15.9 Å². The van der Waals surface area contributed by atoms with E-state index >= 15 is 0 Å². The molecule has 0 saturated heterocycles. The fraction of sp³-hybridized carbons (Fsp3) is 0.200. The first-order valence-corrected chi connectivity index (χ1v) is 5.85. The fourth-order valence-corrected chi connectivity index (χ4v) is 2.14. The average molecular weight is 268 g/mol. The van der Waals surface area contributed by atoms with Gasteiger partial charge in [-0.3, -0.25) is 15.1 Å². The van der Waals surface area contributed by atoms with Crippen LogP contribution in [0.3, 0.4) is 0 Å².